The van der Waals surface area contributed by atoms with Gasteiger partial charge in [0.25, 0.3) is 5.91 Å². The molecule has 0 aliphatic rings. The van der Waals surface area contributed by atoms with Crippen LogP contribution in [0.4, 0.5) is 5.69 Å². The average molecular weight is 323 g/mol. The molecule has 3 N–H and O–H groups in total. The zero-order valence-electron chi connectivity index (χ0n) is 12.8. The lowest BCUT2D eigenvalue weighted by Gasteiger charge is -2.10. The minimum atomic E-state index is -0.0845. The molecule has 0 spiro atoms. The van der Waals surface area contributed by atoms with E-state index < -0.39 is 0 Å². The molecular formula is C15H21N3OS2. The molecule has 21 heavy (non-hydrogen) atoms. The first-order valence-electron chi connectivity index (χ1n) is 6.87. The number of anilines is 1. The van der Waals surface area contributed by atoms with Gasteiger partial charge in [-0.15, -0.1) is 11.3 Å². The Morgan fingerprint density at radius 2 is 2.24 bits per heavy atom. The minimum absolute atomic E-state index is 0.0845. The van der Waals surface area contributed by atoms with E-state index in [1.165, 1.54) is 11.3 Å². The Morgan fingerprint density at radius 1 is 1.52 bits per heavy atom. The van der Waals surface area contributed by atoms with E-state index in [4.69, 9.17) is 5.73 Å². The second-order valence-electron chi connectivity index (χ2n) is 5.34. The lowest BCUT2D eigenvalue weighted by atomic mass is 10.2. The molecule has 0 aromatic carbocycles. The summed E-state index contributed by atoms with van der Waals surface area (Å²) < 4.78 is 1.03. The molecule has 0 saturated heterocycles. The van der Waals surface area contributed by atoms with Crippen LogP contribution in [0.15, 0.2) is 6.07 Å². The Bertz CT molecular complexity index is 666. The van der Waals surface area contributed by atoms with E-state index in [0.29, 0.717) is 23.0 Å². The van der Waals surface area contributed by atoms with Crippen LogP contribution in [0.25, 0.3) is 10.1 Å². The topological polar surface area (TPSA) is 68.0 Å². The van der Waals surface area contributed by atoms with E-state index in [0.717, 1.165) is 27.2 Å². The van der Waals surface area contributed by atoms with Crippen molar-refractivity contribution in [2.45, 2.75) is 20.8 Å². The van der Waals surface area contributed by atoms with Crippen molar-refractivity contribution in [3.63, 3.8) is 0 Å². The molecule has 1 atom stereocenters. The third kappa shape index (κ3) is 3.49. The van der Waals surface area contributed by atoms with Crippen molar-refractivity contribution in [2.24, 2.45) is 5.92 Å². The molecule has 0 radical (unpaired) electrons. The number of thiophene rings is 1. The number of nitrogens with two attached hydrogens (primary N) is 1. The highest BCUT2D eigenvalue weighted by atomic mass is 32.2. The number of thioether (sulfide) groups is 1. The van der Waals surface area contributed by atoms with Gasteiger partial charge < -0.3 is 11.1 Å². The number of nitrogens with one attached hydrogen (secondary N) is 1. The van der Waals surface area contributed by atoms with E-state index >= 15 is 0 Å². The number of carbonyl (C=O) groups excluding carboxylic acids is 1. The molecule has 2 aromatic rings. The van der Waals surface area contributed by atoms with Gasteiger partial charge in [0.15, 0.2) is 0 Å². The van der Waals surface area contributed by atoms with Crippen molar-refractivity contribution >= 4 is 44.8 Å². The summed E-state index contributed by atoms with van der Waals surface area (Å²) in [6, 6.07) is 1.98. The van der Waals surface area contributed by atoms with Crippen LogP contribution in [0.2, 0.25) is 0 Å². The summed E-state index contributed by atoms with van der Waals surface area (Å²) in [5.74, 6) is 1.40. The molecule has 4 nitrogen and oxygen atoms in total. The zero-order valence-corrected chi connectivity index (χ0v) is 14.5. The third-order valence-electron chi connectivity index (χ3n) is 3.29. The molecule has 1 unspecified atom stereocenters. The molecule has 0 saturated carbocycles. The SMILES string of the molecule is CSCC(C)CNC(=O)c1sc2cc(C)nc(C)c2c1N. The fourth-order valence-corrected chi connectivity index (χ4v) is 4.21. The number of aromatic nitrogens is 1. The standard InChI is InChI=1S/C15H21N3OS2/c1-8(7-20-4)6-17-15(19)14-13(16)12-10(3)18-9(2)5-11(12)21-14/h5,8H,6-7,16H2,1-4H3,(H,17,19). The van der Waals surface area contributed by atoms with Gasteiger partial charge in [0.05, 0.1) is 5.69 Å². The van der Waals surface area contributed by atoms with Gasteiger partial charge >= 0.3 is 0 Å². The summed E-state index contributed by atoms with van der Waals surface area (Å²) in [5.41, 5.74) is 8.54. The first-order valence-corrected chi connectivity index (χ1v) is 9.08. The Kier molecular flexibility index (Phi) is 5.11. The van der Waals surface area contributed by atoms with Gasteiger partial charge in [-0.1, -0.05) is 6.92 Å². The van der Waals surface area contributed by atoms with E-state index in [1.54, 1.807) is 11.8 Å². The molecule has 0 aliphatic carbocycles. The second-order valence-corrected chi connectivity index (χ2v) is 7.30. The van der Waals surface area contributed by atoms with Gasteiger partial charge in [-0.25, -0.2) is 0 Å². The van der Waals surface area contributed by atoms with Gasteiger partial charge in [-0.2, -0.15) is 11.8 Å². The number of hydrogen-bond donors (Lipinski definition) is 2. The maximum absolute atomic E-state index is 12.3. The van der Waals surface area contributed by atoms with E-state index in [2.05, 4.69) is 23.5 Å². The Morgan fingerprint density at radius 3 is 2.90 bits per heavy atom. The second kappa shape index (κ2) is 6.66. The fourth-order valence-electron chi connectivity index (χ4n) is 2.34. The van der Waals surface area contributed by atoms with Crippen molar-refractivity contribution in [3.05, 3.63) is 22.3 Å². The normalized spacial score (nSPS) is 12.6. The average Bonchev–Trinajstić information content (AvgIpc) is 2.73. The molecule has 0 aliphatic heterocycles. The Labute approximate surface area is 133 Å². The van der Waals surface area contributed by atoms with Crippen molar-refractivity contribution in [3.8, 4) is 0 Å². The first-order chi connectivity index (χ1) is 9.93. The molecular weight excluding hydrogens is 302 g/mol. The van der Waals surface area contributed by atoms with Crippen LogP contribution in [0.5, 0.6) is 0 Å². The number of hydrogen-bond acceptors (Lipinski definition) is 5. The Balaban J connectivity index is 2.24. The van der Waals surface area contributed by atoms with Crippen molar-refractivity contribution in [2.75, 3.05) is 24.3 Å². The lowest BCUT2D eigenvalue weighted by molar-refractivity contribution is 0.0954. The number of amides is 1. The molecule has 1 amide bonds. The van der Waals surface area contributed by atoms with Crippen LogP contribution in [-0.4, -0.2) is 29.4 Å². The summed E-state index contributed by atoms with van der Waals surface area (Å²) >= 11 is 3.23. The number of pyridine rings is 1. The molecule has 2 aromatic heterocycles. The predicted octanol–water partition coefficient (Wildman–Crippen LogP) is 3.22. The minimum Gasteiger partial charge on any atom is -0.397 e. The van der Waals surface area contributed by atoms with E-state index in [9.17, 15) is 4.79 Å². The molecule has 2 heterocycles. The van der Waals surface area contributed by atoms with Gasteiger partial charge in [0.1, 0.15) is 4.88 Å². The summed E-state index contributed by atoms with van der Waals surface area (Å²) in [6.07, 6.45) is 2.07. The smallest absolute Gasteiger partial charge is 0.263 e. The Hall–Kier alpha value is -1.27. The van der Waals surface area contributed by atoms with E-state index in [-0.39, 0.29) is 5.91 Å². The van der Waals surface area contributed by atoms with Crippen molar-refractivity contribution in [1.82, 2.24) is 10.3 Å². The number of nitrogens with zero attached hydrogens (tertiary/aromatic N) is 1. The van der Waals surface area contributed by atoms with E-state index in [1.807, 2.05) is 19.9 Å². The highest BCUT2D eigenvalue weighted by molar-refractivity contribution is 7.98. The number of carbonyl (C=O) groups is 1. The number of aryl methyl sites for hydroxylation is 2. The van der Waals surface area contributed by atoms with Gasteiger partial charge in [0.2, 0.25) is 0 Å². The molecule has 0 fully saturated rings. The van der Waals surface area contributed by atoms with Crippen molar-refractivity contribution < 1.29 is 4.79 Å². The molecule has 6 heteroatoms. The van der Waals surface area contributed by atoms with Crippen LogP contribution in [0.3, 0.4) is 0 Å². The third-order valence-corrected chi connectivity index (χ3v) is 5.34. The summed E-state index contributed by atoms with van der Waals surface area (Å²) in [5, 5.41) is 3.89. The van der Waals surface area contributed by atoms with Crippen LogP contribution in [0, 0.1) is 19.8 Å². The fraction of sp³-hybridized carbons (Fsp3) is 0.467. The van der Waals surface area contributed by atoms with Crippen LogP contribution >= 0.6 is 23.1 Å². The van der Waals surface area contributed by atoms with Gasteiger partial charge in [-0.05, 0) is 37.8 Å². The van der Waals surface area contributed by atoms with Gasteiger partial charge in [0, 0.05) is 28.0 Å². The predicted molar refractivity (Wildman–Crippen MR) is 93.4 cm³/mol. The highest BCUT2D eigenvalue weighted by Crippen LogP contribution is 2.35. The van der Waals surface area contributed by atoms with Crippen LogP contribution < -0.4 is 11.1 Å². The monoisotopic (exact) mass is 323 g/mol. The van der Waals surface area contributed by atoms with Crippen LogP contribution in [0.1, 0.15) is 28.0 Å². The first kappa shape index (κ1) is 16.1. The van der Waals surface area contributed by atoms with Crippen molar-refractivity contribution in [1.29, 1.82) is 0 Å². The quantitative estimate of drug-likeness (QED) is 0.886. The maximum Gasteiger partial charge on any atom is 0.263 e. The number of fused-ring (bicyclic) bond motifs is 1. The maximum atomic E-state index is 12.3. The summed E-state index contributed by atoms with van der Waals surface area (Å²) in [6.45, 7) is 6.68. The molecule has 114 valence electrons. The van der Waals surface area contributed by atoms with Gasteiger partial charge in [-0.3, -0.25) is 9.78 Å². The number of rotatable bonds is 5. The highest BCUT2D eigenvalue weighted by Gasteiger charge is 2.18. The molecule has 0 bridgehead atoms. The van der Waals surface area contributed by atoms with Crippen LogP contribution in [-0.2, 0) is 0 Å². The number of nitrogen functional groups attached to an aromatic ring is 1. The largest absolute Gasteiger partial charge is 0.397 e. The molecule has 2 rings (SSSR count). The lowest BCUT2D eigenvalue weighted by Crippen LogP contribution is -2.29. The summed E-state index contributed by atoms with van der Waals surface area (Å²) in [7, 11) is 0. The summed E-state index contributed by atoms with van der Waals surface area (Å²) in [4.78, 5) is 17.4. The zero-order chi connectivity index (χ0) is 15.6.